The monoisotopic (exact) mass is 354 g/mol. The quantitative estimate of drug-likeness (QED) is 0.253. The first kappa shape index (κ1) is 24.5. The Morgan fingerprint density at radius 1 is 0.760 bits per heavy atom. The van der Waals surface area contributed by atoms with Gasteiger partial charge in [0, 0.05) is 0 Å². The highest BCUT2D eigenvalue weighted by molar-refractivity contribution is 5.74. The van der Waals surface area contributed by atoms with Gasteiger partial charge in [-0.1, -0.05) is 111 Å². The van der Waals surface area contributed by atoms with E-state index in [-0.39, 0.29) is 0 Å². The molecule has 1 N–H and O–H groups in total. The summed E-state index contributed by atoms with van der Waals surface area (Å²) in [5.74, 6) is -0.000167. The van der Waals surface area contributed by atoms with Crippen LogP contribution in [0.25, 0.3) is 0 Å². The molecule has 0 saturated heterocycles. The number of carbonyl (C=O) groups is 1. The second-order valence-electron chi connectivity index (χ2n) is 8.37. The molecular weight excluding hydrogens is 308 g/mol. The number of hydrogen-bond donors (Lipinski definition) is 1. The van der Waals surface area contributed by atoms with Crippen LogP contribution in [0.2, 0.25) is 0 Å². The Morgan fingerprint density at radius 2 is 1.24 bits per heavy atom. The maximum atomic E-state index is 12.2. The van der Waals surface area contributed by atoms with Crippen LogP contribution < -0.4 is 0 Å². The van der Waals surface area contributed by atoms with Crippen molar-refractivity contribution in [2.45, 2.75) is 130 Å². The van der Waals surface area contributed by atoms with E-state index in [2.05, 4.69) is 27.7 Å². The van der Waals surface area contributed by atoms with Crippen molar-refractivity contribution < 1.29 is 9.90 Å². The van der Waals surface area contributed by atoms with E-state index < -0.39 is 11.4 Å². The van der Waals surface area contributed by atoms with Crippen molar-refractivity contribution in [3.05, 3.63) is 0 Å². The minimum atomic E-state index is -0.532. The molecule has 2 heteroatoms. The molecule has 0 fully saturated rings. The van der Waals surface area contributed by atoms with E-state index in [1.807, 2.05) is 0 Å². The van der Waals surface area contributed by atoms with Crippen molar-refractivity contribution in [3.63, 3.8) is 0 Å². The van der Waals surface area contributed by atoms with Gasteiger partial charge in [0.1, 0.15) is 0 Å². The fourth-order valence-corrected chi connectivity index (χ4v) is 4.08. The summed E-state index contributed by atoms with van der Waals surface area (Å²) in [6.07, 6.45) is 18.5. The molecule has 0 rings (SSSR count). The Hall–Kier alpha value is -0.530. The number of carboxylic acid groups (broad SMARTS) is 1. The minimum Gasteiger partial charge on any atom is -0.481 e. The molecule has 2 unspecified atom stereocenters. The molecule has 0 aliphatic carbocycles. The molecular formula is C23H46O2. The zero-order valence-electron chi connectivity index (χ0n) is 17.7. The third-order valence-corrected chi connectivity index (χ3v) is 5.76. The van der Waals surface area contributed by atoms with Crippen molar-refractivity contribution in [2.75, 3.05) is 0 Å². The van der Waals surface area contributed by atoms with E-state index in [0.29, 0.717) is 5.92 Å². The van der Waals surface area contributed by atoms with Crippen LogP contribution in [0.4, 0.5) is 0 Å². The van der Waals surface area contributed by atoms with E-state index in [1.54, 1.807) is 0 Å². The molecule has 0 spiro atoms. The molecule has 0 radical (unpaired) electrons. The van der Waals surface area contributed by atoms with Crippen molar-refractivity contribution in [2.24, 2.45) is 11.3 Å². The molecule has 0 amide bonds. The number of carboxylic acids is 1. The van der Waals surface area contributed by atoms with Crippen LogP contribution in [0, 0.1) is 11.3 Å². The maximum Gasteiger partial charge on any atom is 0.309 e. The summed E-state index contributed by atoms with van der Waals surface area (Å²) in [6.45, 7) is 8.93. The first-order valence-corrected chi connectivity index (χ1v) is 11.3. The highest BCUT2D eigenvalue weighted by Gasteiger charge is 2.38. The van der Waals surface area contributed by atoms with Crippen molar-refractivity contribution >= 4 is 5.97 Å². The van der Waals surface area contributed by atoms with Crippen LogP contribution in [0.5, 0.6) is 0 Å². The van der Waals surface area contributed by atoms with E-state index in [0.717, 1.165) is 38.5 Å². The number of rotatable bonds is 18. The summed E-state index contributed by atoms with van der Waals surface area (Å²) in [4.78, 5) is 12.2. The fraction of sp³-hybridized carbons (Fsp3) is 0.957. The topological polar surface area (TPSA) is 37.3 Å². The molecule has 0 bridgehead atoms. The van der Waals surface area contributed by atoms with Gasteiger partial charge in [-0.15, -0.1) is 0 Å². The minimum absolute atomic E-state index is 0.467. The van der Waals surface area contributed by atoms with Crippen LogP contribution in [0.15, 0.2) is 0 Å². The third-order valence-electron chi connectivity index (χ3n) is 5.76. The standard InChI is InChI=1S/C23H46O2/c1-5-8-11-13-14-16-19-23(22(24)25,18-10-7-3)20-21(4)17-15-12-9-6-2/h21H,5-20H2,1-4H3,(H,24,25). The van der Waals surface area contributed by atoms with E-state index >= 15 is 0 Å². The molecule has 0 aromatic carbocycles. The van der Waals surface area contributed by atoms with Crippen LogP contribution in [0.1, 0.15) is 130 Å². The molecule has 150 valence electrons. The zero-order valence-corrected chi connectivity index (χ0v) is 17.7. The van der Waals surface area contributed by atoms with Crippen molar-refractivity contribution in [1.29, 1.82) is 0 Å². The number of unbranched alkanes of at least 4 members (excludes halogenated alkanes) is 9. The summed E-state index contributed by atoms with van der Waals surface area (Å²) in [7, 11) is 0. The Bertz CT molecular complexity index is 313. The highest BCUT2D eigenvalue weighted by Crippen LogP contribution is 2.39. The fourth-order valence-electron chi connectivity index (χ4n) is 4.08. The lowest BCUT2D eigenvalue weighted by Crippen LogP contribution is -2.33. The summed E-state index contributed by atoms with van der Waals surface area (Å²) >= 11 is 0. The summed E-state index contributed by atoms with van der Waals surface area (Å²) in [5, 5.41) is 10.0. The van der Waals surface area contributed by atoms with Crippen molar-refractivity contribution in [1.82, 2.24) is 0 Å². The molecule has 2 nitrogen and oxygen atoms in total. The zero-order chi connectivity index (χ0) is 19.0. The highest BCUT2D eigenvalue weighted by atomic mass is 16.4. The smallest absolute Gasteiger partial charge is 0.309 e. The van der Waals surface area contributed by atoms with Gasteiger partial charge in [-0.2, -0.15) is 0 Å². The largest absolute Gasteiger partial charge is 0.481 e. The Morgan fingerprint density at radius 3 is 1.80 bits per heavy atom. The van der Waals surface area contributed by atoms with Gasteiger partial charge in [-0.25, -0.2) is 0 Å². The summed E-state index contributed by atoms with van der Waals surface area (Å²) < 4.78 is 0. The first-order chi connectivity index (χ1) is 12.0. The van der Waals surface area contributed by atoms with E-state index in [4.69, 9.17) is 0 Å². The lowest BCUT2D eigenvalue weighted by molar-refractivity contribution is -0.151. The van der Waals surface area contributed by atoms with Crippen LogP contribution in [0.3, 0.4) is 0 Å². The van der Waals surface area contributed by atoms with Crippen LogP contribution >= 0.6 is 0 Å². The lowest BCUT2D eigenvalue weighted by Gasteiger charge is -2.32. The average Bonchev–Trinajstić information content (AvgIpc) is 2.59. The van der Waals surface area contributed by atoms with Gasteiger partial charge in [0.2, 0.25) is 0 Å². The van der Waals surface area contributed by atoms with Gasteiger partial charge in [0.15, 0.2) is 0 Å². The SMILES string of the molecule is CCCCCCCCC(CCCC)(CC(C)CCCCCC)C(=O)O. The Labute approximate surface area is 158 Å². The second-order valence-corrected chi connectivity index (χ2v) is 8.37. The lowest BCUT2D eigenvalue weighted by atomic mass is 9.71. The maximum absolute atomic E-state index is 12.2. The Kier molecular flexibility index (Phi) is 15.4. The molecule has 0 aromatic rings. The van der Waals surface area contributed by atoms with Gasteiger partial charge >= 0.3 is 5.97 Å². The predicted octanol–water partition coefficient (Wildman–Crippen LogP) is 7.99. The molecule has 2 atom stereocenters. The number of hydrogen-bond acceptors (Lipinski definition) is 1. The summed E-state index contributed by atoms with van der Waals surface area (Å²) in [6, 6.07) is 0. The molecule has 25 heavy (non-hydrogen) atoms. The molecule has 0 saturated carbocycles. The molecule has 0 aromatic heterocycles. The van der Waals surface area contributed by atoms with Crippen LogP contribution in [-0.4, -0.2) is 11.1 Å². The van der Waals surface area contributed by atoms with Gasteiger partial charge in [0.25, 0.3) is 0 Å². The third kappa shape index (κ3) is 11.7. The van der Waals surface area contributed by atoms with E-state index in [1.165, 1.54) is 64.2 Å². The molecule has 0 heterocycles. The first-order valence-electron chi connectivity index (χ1n) is 11.3. The van der Waals surface area contributed by atoms with E-state index in [9.17, 15) is 9.90 Å². The molecule has 0 aliphatic rings. The Balaban J connectivity index is 4.55. The second kappa shape index (κ2) is 15.7. The van der Waals surface area contributed by atoms with Gasteiger partial charge in [0.05, 0.1) is 5.41 Å². The average molecular weight is 355 g/mol. The predicted molar refractivity (Wildman–Crippen MR) is 110 cm³/mol. The molecule has 0 aliphatic heterocycles. The van der Waals surface area contributed by atoms with Crippen LogP contribution in [-0.2, 0) is 4.79 Å². The van der Waals surface area contributed by atoms with Gasteiger partial charge < -0.3 is 5.11 Å². The van der Waals surface area contributed by atoms with Gasteiger partial charge in [-0.05, 0) is 25.2 Å². The number of aliphatic carboxylic acids is 1. The van der Waals surface area contributed by atoms with Crippen molar-refractivity contribution in [3.8, 4) is 0 Å². The van der Waals surface area contributed by atoms with Gasteiger partial charge in [-0.3, -0.25) is 4.79 Å². The normalized spacial score (nSPS) is 15.0. The summed E-state index contributed by atoms with van der Waals surface area (Å²) in [5.41, 5.74) is -0.467.